The first-order valence-corrected chi connectivity index (χ1v) is 11.9. The summed E-state index contributed by atoms with van der Waals surface area (Å²) >= 11 is 0. The second-order valence-electron chi connectivity index (χ2n) is 9.14. The molecule has 10 heteroatoms. The number of benzene rings is 1. The van der Waals surface area contributed by atoms with Crippen LogP contribution in [-0.2, 0) is 4.79 Å². The SMILES string of the molecule is N#C[C@@H]1C[C@H](F)CN1C(=O)CN1CC[C@H](Nc2ccc(C(=O)Nc3ccncc3)c3ncccc23)C1. The van der Waals surface area contributed by atoms with E-state index in [0.717, 1.165) is 24.0 Å². The molecule has 2 aliphatic rings. The van der Waals surface area contributed by atoms with Crippen LogP contribution in [0.5, 0.6) is 0 Å². The number of carbonyl (C=O) groups is 2. The molecule has 3 atom stereocenters. The minimum atomic E-state index is -1.14. The number of halogens is 1. The summed E-state index contributed by atoms with van der Waals surface area (Å²) in [6.07, 6.45) is 4.66. The molecule has 0 radical (unpaired) electrons. The van der Waals surface area contributed by atoms with Crippen molar-refractivity contribution in [3.05, 3.63) is 60.6 Å². The predicted molar refractivity (Wildman–Crippen MR) is 133 cm³/mol. The van der Waals surface area contributed by atoms with Crippen LogP contribution in [0.2, 0.25) is 0 Å². The predicted octanol–water partition coefficient (Wildman–Crippen LogP) is 2.83. The summed E-state index contributed by atoms with van der Waals surface area (Å²) in [5.74, 6) is -0.461. The zero-order valence-electron chi connectivity index (χ0n) is 19.6. The first-order valence-electron chi connectivity index (χ1n) is 11.9. The number of hydrogen-bond donors (Lipinski definition) is 2. The number of aromatic nitrogens is 2. The third-order valence-electron chi connectivity index (χ3n) is 6.66. The fourth-order valence-corrected chi connectivity index (χ4v) is 4.89. The molecule has 184 valence electrons. The molecule has 0 unspecified atom stereocenters. The van der Waals surface area contributed by atoms with E-state index in [1.165, 1.54) is 4.90 Å². The first-order chi connectivity index (χ1) is 17.5. The van der Waals surface area contributed by atoms with E-state index in [1.54, 1.807) is 36.8 Å². The molecule has 0 bridgehead atoms. The summed E-state index contributed by atoms with van der Waals surface area (Å²) in [6, 6.07) is 12.3. The van der Waals surface area contributed by atoms with Gasteiger partial charge in [0, 0.05) is 60.9 Å². The molecule has 0 saturated carbocycles. The van der Waals surface area contributed by atoms with Crippen LogP contribution in [0.4, 0.5) is 15.8 Å². The summed E-state index contributed by atoms with van der Waals surface area (Å²) in [6.45, 7) is 1.52. The summed E-state index contributed by atoms with van der Waals surface area (Å²) < 4.78 is 13.7. The van der Waals surface area contributed by atoms with Crippen LogP contribution < -0.4 is 10.6 Å². The molecule has 0 spiro atoms. The summed E-state index contributed by atoms with van der Waals surface area (Å²) in [7, 11) is 0. The van der Waals surface area contributed by atoms with Crippen molar-refractivity contribution in [1.29, 1.82) is 5.26 Å². The highest BCUT2D eigenvalue weighted by atomic mass is 19.1. The minimum absolute atomic E-state index is 0.00729. The van der Waals surface area contributed by atoms with Crippen LogP contribution in [0, 0.1) is 11.3 Å². The summed E-state index contributed by atoms with van der Waals surface area (Å²) in [5, 5.41) is 16.5. The fraction of sp³-hybridized carbons (Fsp3) is 0.346. The molecule has 9 nitrogen and oxygen atoms in total. The van der Waals surface area contributed by atoms with E-state index >= 15 is 0 Å². The van der Waals surface area contributed by atoms with E-state index in [9.17, 15) is 19.2 Å². The number of nitrogens with zero attached hydrogens (tertiary/aromatic N) is 5. The van der Waals surface area contributed by atoms with Gasteiger partial charge in [-0.15, -0.1) is 0 Å². The lowest BCUT2D eigenvalue weighted by molar-refractivity contribution is -0.132. The van der Waals surface area contributed by atoms with Crippen molar-refractivity contribution in [1.82, 2.24) is 19.8 Å². The molecule has 5 rings (SSSR count). The van der Waals surface area contributed by atoms with Crippen molar-refractivity contribution in [2.45, 2.75) is 31.1 Å². The van der Waals surface area contributed by atoms with Gasteiger partial charge in [-0.05, 0) is 42.8 Å². The zero-order valence-corrected chi connectivity index (χ0v) is 19.6. The number of pyridine rings is 2. The topological polar surface area (TPSA) is 114 Å². The van der Waals surface area contributed by atoms with Crippen molar-refractivity contribution in [2.75, 3.05) is 36.8 Å². The molecule has 0 aliphatic carbocycles. The van der Waals surface area contributed by atoms with Crippen LogP contribution >= 0.6 is 0 Å². The normalized spacial score (nSPS) is 21.9. The Morgan fingerprint density at radius 1 is 1.14 bits per heavy atom. The van der Waals surface area contributed by atoms with Gasteiger partial charge in [0.1, 0.15) is 12.2 Å². The van der Waals surface area contributed by atoms with Crippen LogP contribution in [-0.4, -0.2) is 76.0 Å². The molecule has 2 amide bonds. The second-order valence-corrected chi connectivity index (χ2v) is 9.14. The number of anilines is 2. The van der Waals surface area contributed by atoms with Crippen molar-refractivity contribution in [3.63, 3.8) is 0 Å². The number of carbonyl (C=O) groups excluding carboxylic acids is 2. The quantitative estimate of drug-likeness (QED) is 0.550. The highest BCUT2D eigenvalue weighted by molar-refractivity contribution is 6.13. The van der Waals surface area contributed by atoms with Crippen LogP contribution in [0.15, 0.2) is 55.0 Å². The van der Waals surface area contributed by atoms with Gasteiger partial charge < -0.3 is 15.5 Å². The lowest BCUT2D eigenvalue weighted by Crippen LogP contribution is -2.42. The maximum atomic E-state index is 13.7. The fourth-order valence-electron chi connectivity index (χ4n) is 4.89. The third-order valence-corrected chi connectivity index (χ3v) is 6.66. The van der Waals surface area contributed by atoms with Crippen molar-refractivity contribution in [2.24, 2.45) is 0 Å². The Labute approximate surface area is 207 Å². The van der Waals surface area contributed by atoms with E-state index in [1.807, 2.05) is 29.2 Å². The molecule has 2 fully saturated rings. The Bertz CT molecular complexity index is 1310. The number of nitriles is 1. The van der Waals surface area contributed by atoms with Gasteiger partial charge in [0.2, 0.25) is 5.91 Å². The third kappa shape index (κ3) is 4.97. The average molecular weight is 488 g/mol. The molecule has 3 aromatic rings. The van der Waals surface area contributed by atoms with E-state index in [4.69, 9.17) is 0 Å². The van der Waals surface area contributed by atoms with Crippen molar-refractivity contribution < 1.29 is 14.0 Å². The van der Waals surface area contributed by atoms with Crippen LogP contribution in [0.25, 0.3) is 10.9 Å². The van der Waals surface area contributed by atoms with Gasteiger partial charge in [-0.3, -0.25) is 24.5 Å². The van der Waals surface area contributed by atoms with Gasteiger partial charge in [0.15, 0.2) is 0 Å². The standard InChI is InChI=1S/C26H26FN7O2/c27-17-12-20(13-28)34(14-17)24(35)16-33-11-7-19(15-33)31-23-4-3-22(25-21(23)2-1-8-30-25)26(36)32-18-5-9-29-10-6-18/h1-6,8-10,17,19-20,31H,7,11-12,14-16H2,(H,29,32,36)/t17-,19-,20-/m0/s1. The molecule has 2 N–H and O–H groups in total. The number of fused-ring (bicyclic) bond motifs is 1. The Morgan fingerprint density at radius 2 is 1.97 bits per heavy atom. The molecule has 2 aliphatic heterocycles. The minimum Gasteiger partial charge on any atom is -0.380 e. The van der Waals surface area contributed by atoms with Gasteiger partial charge in [0.25, 0.3) is 5.91 Å². The maximum absolute atomic E-state index is 13.7. The average Bonchev–Trinajstić information content (AvgIpc) is 3.50. The maximum Gasteiger partial charge on any atom is 0.257 e. The Morgan fingerprint density at radius 3 is 2.78 bits per heavy atom. The Hall–Kier alpha value is -4.10. The number of alkyl halides is 1. The lowest BCUT2D eigenvalue weighted by Gasteiger charge is -2.23. The number of rotatable bonds is 6. The smallest absolute Gasteiger partial charge is 0.257 e. The molecule has 4 heterocycles. The largest absolute Gasteiger partial charge is 0.380 e. The Balaban J connectivity index is 1.26. The summed E-state index contributed by atoms with van der Waals surface area (Å²) in [4.78, 5) is 37.4. The molecule has 2 saturated heterocycles. The first kappa shape index (κ1) is 23.6. The van der Waals surface area contributed by atoms with Gasteiger partial charge in [0.05, 0.1) is 30.2 Å². The monoisotopic (exact) mass is 487 g/mol. The zero-order chi connectivity index (χ0) is 25.1. The van der Waals surface area contributed by atoms with Gasteiger partial charge in [-0.1, -0.05) is 0 Å². The van der Waals surface area contributed by atoms with E-state index in [2.05, 4.69) is 20.6 Å². The van der Waals surface area contributed by atoms with Crippen molar-refractivity contribution in [3.8, 4) is 6.07 Å². The van der Waals surface area contributed by atoms with E-state index in [0.29, 0.717) is 23.3 Å². The van der Waals surface area contributed by atoms with E-state index < -0.39 is 12.2 Å². The molecule has 1 aromatic carbocycles. The molecular formula is C26H26FN7O2. The molecule has 2 aromatic heterocycles. The van der Waals surface area contributed by atoms with Crippen molar-refractivity contribution >= 4 is 34.1 Å². The number of nitrogens with one attached hydrogen (secondary N) is 2. The highest BCUT2D eigenvalue weighted by Gasteiger charge is 2.36. The molecular weight excluding hydrogens is 461 g/mol. The van der Waals surface area contributed by atoms with Crippen LogP contribution in [0.1, 0.15) is 23.2 Å². The number of likely N-dealkylation sites (tertiary alicyclic amines) is 2. The van der Waals surface area contributed by atoms with Crippen LogP contribution in [0.3, 0.4) is 0 Å². The lowest BCUT2D eigenvalue weighted by atomic mass is 10.1. The molecule has 36 heavy (non-hydrogen) atoms. The number of amides is 2. The summed E-state index contributed by atoms with van der Waals surface area (Å²) in [5.41, 5.74) is 2.58. The van der Waals surface area contributed by atoms with Gasteiger partial charge >= 0.3 is 0 Å². The van der Waals surface area contributed by atoms with Gasteiger partial charge in [-0.2, -0.15) is 5.26 Å². The van der Waals surface area contributed by atoms with Gasteiger partial charge in [-0.25, -0.2) is 4.39 Å². The number of hydrogen-bond acceptors (Lipinski definition) is 7. The second kappa shape index (κ2) is 10.3. The highest BCUT2D eigenvalue weighted by Crippen LogP contribution is 2.28. The van der Waals surface area contributed by atoms with E-state index in [-0.39, 0.29) is 37.4 Å². The Kier molecular flexibility index (Phi) is 6.73.